The van der Waals surface area contributed by atoms with Crippen LogP contribution < -0.4 is 0 Å². The van der Waals surface area contributed by atoms with Crippen LogP contribution in [0.15, 0.2) is 24.7 Å². The van der Waals surface area contributed by atoms with Crippen LogP contribution in [-0.4, -0.2) is 51.9 Å². The summed E-state index contributed by atoms with van der Waals surface area (Å²) in [5, 5.41) is 4.80. The molecule has 3 heterocycles. The second-order valence-electron chi connectivity index (χ2n) is 5.92. The topological polar surface area (TPSA) is 63.1 Å². The number of likely N-dealkylation sites (tertiary alicyclic amines) is 1. The number of rotatable bonds is 5. The molecule has 0 aliphatic carbocycles. The van der Waals surface area contributed by atoms with Crippen LogP contribution in [0.25, 0.3) is 0 Å². The normalized spacial score (nSPS) is 21.1. The first-order chi connectivity index (χ1) is 11.1. The van der Waals surface area contributed by atoms with Crippen LogP contribution in [0.4, 0.5) is 0 Å². The molecule has 1 saturated heterocycles. The molecule has 0 radical (unpaired) electrons. The third-order valence-corrected chi connectivity index (χ3v) is 4.51. The number of aromatic amines is 1. The second-order valence-corrected chi connectivity index (χ2v) is 6.35. The molecule has 0 bridgehead atoms. The summed E-state index contributed by atoms with van der Waals surface area (Å²) in [7, 11) is 1.90. The molecule has 23 heavy (non-hydrogen) atoms. The maximum Gasteiger partial charge on any atom is 0.270 e. The third kappa shape index (κ3) is 3.43. The van der Waals surface area contributed by atoms with Crippen molar-refractivity contribution in [3.8, 4) is 0 Å². The highest BCUT2D eigenvalue weighted by Crippen LogP contribution is 2.33. The smallest absolute Gasteiger partial charge is 0.270 e. The van der Waals surface area contributed by atoms with Crippen molar-refractivity contribution >= 4 is 17.5 Å². The van der Waals surface area contributed by atoms with Crippen molar-refractivity contribution in [2.24, 2.45) is 13.0 Å². The Morgan fingerprint density at radius 3 is 2.96 bits per heavy atom. The number of halogens is 1. The van der Waals surface area contributed by atoms with Gasteiger partial charge in [0.1, 0.15) is 5.69 Å². The molecule has 2 aromatic heterocycles. The Hall–Kier alpha value is -1.79. The first-order valence-corrected chi connectivity index (χ1v) is 8.15. The lowest BCUT2D eigenvalue weighted by molar-refractivity contribution is 0.0757. The Bertz CT molecular complexity index is 681. The average Bonchev–Trinajstić information content (AvgIpc) is 3.24. The van der Waals surface area contributed by atoms with E-state index in [1.54, 1.807) is 16.9 Å². The molecule has 6 nitrogen and oxygen atoms in total. The van der Waals surface area contributed by atoms with Crippen molar-refractivity contribution < 1.29 is 9.53 Å². The molecule has 1 aliphatic rings. The number of nitrogens with one attached hydrogen (secondary N) is 1. The van der Waals surface area contributed by atoms with Gasteiger partial charge in [0, 0.05) is 51.0 Å². The maximum atomic E-state index is 12.6. The summed E-state index contributed by atoms with van der Waals surface area (Å²) in [4.78, 5) is 17.4. The van der Waals surface area contributed by atoms with Crippen LogP contribution in [0.2, 0.25) is 5.02 Å². The van der Waals surface area contributed by atoms with Crippen molar-refractivity contribution in [2.75, 3.05) is 26.3 Å². The van der Waals surface area contributed by atoms with Gasteiger partial charge in [0.15, 0.2) is 0 Å². The second kappa shape index (κ2) is 6.76. The highest BCUT2D eigenvalue weighted by atomic mass is 35.5. The molecule has 0 spiro atoms. The summed E-state index contributed by atoms with van der Waals surface area (Å²) >= 11 is 5.90. The third-order valence-electron chi connectivity index (χ3n) is 4.30. The van der Waals surface area contributed by atoms with Crippen molar-refractivity contribution in [1.82, 2.24) is 19.7 Å². The average molecular weight is 337 g/mol. The lowest BCUT2D eigenvalue weighted by Crippen LogP contribution is -2.29. The summed E-state index contributed by atoms with van der Waals surface area (Å²) in [5.41, 5.74) is 1.68. The SMILES string of the molecule is CCOC[C@@H]1CN(C(=O)c2cc(Cl)c[nH]2)C[C@H]1c1cnn(C)c1. The molecular weight excluding hydrogens is 316 g/mol. The fourth-order valence-corrected chi connectivity index (χ4v) is 3.31. The molecular formula is C16H21ClN4O2. The van der Waals surface area contributed by atoms with E-state index in [2.05, 4.69) is 10.1 Å². The zero-order valence-corrected chi connectivity index (χ0v) is 14.1. The van der Waals surface area contributed by atoms with Gasteiger partial charge in [-0.3, -0.25) is 9.48 Å². The van der Waals surface area contributed by atoms with Gasteiger partial charge in [0.2, 0.25) is 0 Å². The predicted molar refractivity (Wildman–Crippen MR) is 87.6 cm³/mol. The molecule has 0 aromatic carbocycles. The minimum atomic E-state index is -0.0233. The molecule has 1 fully saturated rings. The minimum Gasteiger partial charge on any atom is -0.381 e. The van der Waals surface area contributed by atoms with E-state index in [1.807, 2.05) is 31.3 Å². The number of carbonyl (C=O) groups is 1. The Balaban J connectivity index is 1.77. The lowest BCUT2D eigenvalue weighted by atomic mass is 9.92. The molecule has 3 rings (SSSR count). The number of amides is 1. The number of ether oxygens (including phenoxy) is 1. The van der Waals surface area contributed by atoms with E-state index in [0.717, 1.165) is 5.56 Å². The van der Waals surface area contributed by atoms with Gasteiger partial charge in [-0.2, -0.15) is 5.10 Å². The van der Waals surface area contributed by atoms with E-state index in [9.17, 15) is 4.79 Å². The number of H-pyrrole nitrogens is 1. The molecule has 124 valence electrons. The molecule has 2 aromatic rings. The molecule has 1 amide bonds. The zero-order chi connectivity index (χ0) is 16.4. The van der Waals surface area contributed by atoms with Crippen LogP contribution in [0, 0.1) is 5.92 Å². The van der Waals surface area contributed by atoms with Crippen LogP contribution >= 0.6 is 11.6 Å². The van der Waals surface area contributed by atoms with Gasteiger partial charge in [0.05, 0.1) is 17.8 Å². The van der Waals surface area contributed by atoms with Crippen LogP contribution in [0.5, 0.6) is 0 Å². The zero-order valence-electron chi connectivity index (χ0n) is 13.3. The Morgan fingerprint density at radius 1 is 1.52 bits per heavy atom. The van der Waals surface area contributed by atoms with E-state index in [1.165, 1.54) is 0 Å². The number of aromatic nitrogens is 3. The number of hydrogen-bond acceptors (Lipinski definition) is 3. The van der Waals surface area contributed by atoms with Crippen molar-refractivity contribution in [1.29, 1.82) is 0 Å². The fraction of sp³-hybridized carbons (Fsp3) is 0.500. The standard InChI is InChI=1S/C16H21ClN4O2/c1-3-23-10-12-8-21(16(22)15-4-13(17)6-18-15)9-14(12)11-5-19-20(2)7-11/h4-7,12,14,18H,3,8-10H2,1-2H3/t12-,14-/m0/s1. The van der Waals surface area contributed by atoms with Gasteiger partial charge in [0.25, 0.3) is 5.91 Å². The maximum absolute atomic E-state index is 12.6. The first-order valence-electron chi connectivity index (χ1n) is 7.78. The molecule has 0 unspecified atom stereocenters. The quantitative estimate of drug-likeness (QED) is 0.911. The van der Waals surface area contributed by atoms with Gasteiger partial charge in [-0.05, 0) is 18.6 Å². The van der Waals surface area contributed by atoms with Gasteiger partial charge in [-0.15, -0.1) is 0 Å². The Morgan fingerprint density at radius 2 is 2.35 bits per heavy atom. The van der Waals surface area contributed by atoms with Gasteiger partial charge in [-0.25, -0.2) is 0 Å². The summed E-state index contributed by atoms with van der Waals surface area (Å²) < 4.78 is 7.41. The summed E-state index contributed by atoms with van der Waals surface area (Å²) in [5.74, 6) is 0.489. The highest BCUT2D eigenvalue weighted by Gasteiger charge is 2.37. The van der Waals surface area contributed by atoms with Gasteiger partial charge in [-0.1, -0.05) is 11.6 Å². The highest BCUT2D eigenvalue weighted by molar-refractivity contribution is 6.30. The van der Waals surface area contributed by atoms with Crippen LogP contribution in [0.3, 0.4) is 0 Å². The monoisotopic (exact) mass is 336 g/mol. The number of carbonyl (C=O) groups excluding carboxylic acids is 1. The molecule has 1 aliphatic heterocycles. The van der Waals surface area contributed by atoms with Crippen LogP contribution in [0.1, 0.15) is 28.9 Å². The van der Waals surface area contributed by atoms with E-state index in [-0.39, 0.29) is 17.7 Å². The fourth-order valence-electron chi connectivity index (χ4n) is 3.15. The predicted octanol–water partition coefficient (Wildman–Crippen LogP) is 2.29. The van der Waals surface area contributed by atoms with E-state index in [0.29, 0.717) is 37.0 Å². The molecule has 0 saturated carbocycles. The van der Waals surface area contributed by atoms with Crippen molar-refractivity contribution in [3.05, 3.63) is 40.9 Å². The van der Waals surface area contributed by atoms with E-state index < -0.39 is 0 Å². The minimum absolute atomic E-state index is 0.0233. The first kappa shape index (κ1) is 16.1. The van der Waals surface area contributed by atoms with Crippen molar-refractivity contribution in [3.63, 3.8) is 0 Å². The molecule has 2 atom stereocenters. The van der Waals surface area contributed by atoms with Crippen molar-refractivity contribution in [2.45, 2.75) is 12.8 Å². The molecule has 7 heteroatoms. The number of aryl methyl sites for hydroxylation is 1. The summed E-state index contributed by atoms with van der Waals surface area (Å²) in [6.07, 6.45) is 5.52. The Labute approximate surface area is 140 Å². The van der Waals surface area contributed by atoms with Crippen LogP contribution in [-0.2, 0) is 11.8 Å². The largest absolute Gasteiger partial charge is 0.381 e. The Kier molecular flexibility index (Phi) is 4.73. The molecule has 1 N–H and O–H groups in total. The number of hydrogen-bond donors (Lipinski definition) is 1. The van der Waals surface area contributed by atoms with Gasteiger partial charge >= 0.3 is 0 Å². The summed E-state index contributed by atoms with van der Waals surface area (Å²) in [6.45, 7) is 4.65. The van der Waals surface area contributed by atoms with E-state index >= 15 is 0 Å². The number of nitrogens with zero attached hydrogens (tertiary/aromatic N) is 3. The summed E-state index contributed by atoms with van der Waals surface area (Å²) in [6, 6.07) is 1.67. The van der Waals surface area contributed by atoms with E-state index in [4.69, 9.17) is 16.3 Å². The lowest BCUT2D eigenvalue weighted by Gasteiger charge is -2.16. The van der Waals surface area contributed by atoms with Gasteiger partial charge < -0.3 is 14.6 Å².